The van der Waals surface area contributed by atoms with E-state index < -0.39 is 9.84 Å². The lowest BCUT2D eigenvalue weighted by molar-refractivity contribution is 0.130. The first-order chi connectivity index (χ1) is 9.00. The molecule has 0 saturated carbocycles. The van der Waals surface area contributed by atoms with Gasteiger partial charge < -0.3 is 14.7 Å². The fraction of sp³-hybridized carbons (Fsp3) is 0.538. The van der Waals surface area contributed by atoms with Crippen molar-refractivity contribution in [3.8, 4) is 5.75 Å². The Morgan fingerprint density at radius 2 is 2.05 bits per heavy atom. The number of sulfone groups is 1. The van der Waals surface area contributed by atoms with Gasteiger partial charge in [-0.3, -0.25) is 0 Å². The number of ether oxygens (including phenoxy) is 1. The molecule has 0 bridgehead atoms. The van der Waals surface area contributed by atoms with Crippen molar-refractivity contribution in [3.63, 3.8) is 0 Å². The van der Waals surface area contributed by atoms with Gasteiger partial charge in [0.25, 0.3) is 0 Å². The topological polar surface area (TPSA) is 66.8 Å². The monoisotopic (exact) mass is 285 g/mol. The number of hydrogen-bond acceptors (Lipinski definition) is 5. The number of aliphatic hydroxyl groups is 1. The van der Waals surface area contributed by atoms with Crippen molar-refractivity contribution in [2.24, 2.45) is 0 Å². The predicted octanol–water partition coefficient (Wildman–Crippen LogP) is 0.681. The maximum Gasteiger partial charge on any atom is 0.153 e. The van der Waals surface area contributed by atoms with Crippen LogP contribution in [-0.2, 0) is 9.84 Å². The van der Waals surface area contributed by atoms with Crippen LogP contribution in [0.15, 0.2) is 24.3 Å². The molecule has 1 heterocycles. The second kappa shape index (κ2) is 5.79. The number of rotatable bonds is 4. The molecule has 0 aliphatic carbocycles. The van der Waals surface area contributed by atoms with Crippen molar-refractivity contribution in [2.45, 2.75) is 13.0 Å². The number of benzene rings is 1. The van der Waals surface area contributed by atoms with E-state index in [0.29, 0.717) is 18.8 Å². The predicted molar refractivity (Wildman–Crippen MR) is 74.5 cm³/mol. The molecule has 0 spiro atoms. The lowest BCUT2D eigenvalue weighted by Crippen LogP contribution is -2.40. The average molecular weight is 285 g/mol. The number of hydrogen-bond donors (Lipinski definition) is 1. The van der Waals surface area contributed by atoms with Gasteiger partial charge in [-0.25, -0.2) is 8.42 Å². The number of anilines is 1. The van der Waals surface area contributed by atoms with Crippen molar-refractivity contribution >= 4 is 15.5 Å². The molecule has 5 nitrogen and oxygen atoms in total. The molecule has 1 aliphatic heterocycles. The second-order valence-electron chi connectivity index (χ2n) is 4.75. The SMILES string of the molecule is CC(CO)Oc1cccc(N2CCS(=O)(=O)CC2)c1. The molecule has 0 amide bonds. The second-order valence-corrected chi connectivity index (χ2v) is 7.05. The third kappa shape index (κ3) is 3.84. The van der Waals surface area contributed by atoms with Crippen molar-refractivity contribution in [2.75, 3.05) is 36.1 Å². The van der Waals surface area contributed by atoms with Gasteiger partial charge in [0.15, 0.2) is 9.84 Å². The van der Waals surface area contributed by atoms with Crippen molar-refractivity contribution < 1.29 is 18.3 Å². The molecule has 0 radical (unpaired) electrons. The summed E-state index contributed by atoms with van der Waals surface area (Å²) >= 11 is 0. The Bertz CT molecular complexity index is 515. The largest absolute Gasteiger partial charge is 0.488 e. The molecular formula is C13H19NO4S. The average Bonchev–Trinajstić information content (AvgIpc) is 2.39. The van der Waals surface area contributed by atoms with Gasteiger partial charge in [0.2, 0.25) is 0 Å². The number of nitrogens with zero attached hydrogens (tertiary/aromatic N) is 1. The minimum Gasteiger partial charge on any atom is -0.488 e. The highest BCUT2D eigenvalue weighted by Gasteiger charge is 2.21. The molecule has 106 valence electrons. The molecule has 0 aromatic heterocycles. The van der Waals surface area contributed by atoms with Crippen LogP contribution in [0.3, 0.4) is 0 Å². The smallest absolute Gasteiger partial charge is 0.153 e. The van der Waals surface area contributed by atoms with Crippen LogP contribution in [0.4, 0.5) is 5.69 Å². The van der Waals surface area contributed by atoms with E-state index in [-0.39, 0.29) is 24.2 Å². The van der Waals surface area contributed by atoms with Crippen LogP contribution in [0.2, 0.25) is 0 Å². The molecule has 1 saturated heterocycles. The van der Waals surface area contributed by atoms with Crippen LogP contribution >= 0.6 is 0 Å². The summed E-state index contributed by atoms with van der Waals surface area (Å²) in [6, 6.07) is 7.52. The third-order valence-electron chi connectivity index (χ3n) is 3.12. The Hall–Kier alpha value is -1.27. The van der Waals surface area contributed by atoms with Crippen LogP contribution in [0.25, 0.3) is 0 Å². The van der Waals surface area contributed by atoms with Crippen molar-refractivity contribution in [3.05, 3.63) is 24.3 Å². The van der Waals surface area contributed by atoms with E-state index in [4.69, 9.17) is 9.84 Å². The molecule has 1 unspecified atom stereocenters. The first-order valence-electron chi connectivity index (χ1n) is 6.33. The fourth-order valence-electron chi connectivity index (χ4n) is 1.99. The van der Waals surface area contributed by atoms with Crippen molar-refractivity contribution in [1.82, 2.24) is 0 Å². The Labute approximate surface area is 113 Å². The zero-order valence-electron chi connectivity index (χ0n) is 10.9. The van der Waals surface area contributed by atoms with E-state index in [9.17, 15) is 8.42 Å². The first kappa shape index (κ1) is 14.1. The Balaban J connectivity index is 2.07. The Morgan fingerprint density at radius 1 is 1.37 bits per heavy atom. The highest BCUT2D eigenvalue weighted by molar-refractivity contribution is 7.91. The van der Waals surface area contributed by atoms with Gasteiger partial charge in [0, 0.05) is 24.8 Å². The highest BCUT2D eigenvalue weighted by Crippen LogP contribution is 2.23. The van der Waals surface area contributed by atoms with E-state index in [1.807, 2.05) is 29.2 Å². The zero-order valence-corrected chi connectivity index (χ0v) is 11.8. The summed E-state index contributed by atoms with van der Waals surface area (Å²) in [5.74, 6) is 1.09. The minimum atomic E-state index is -2.86. The first-order valence-corrected chi connectivity index (χ1v) is 8.15. The summed E-state index contributed by atoms with van der Waals surface area (Å²) in [5.41, 5.74) is 0.956. The van der Waals surface area contributed by atoms with Crippen LogP contribution in [0, 0.1) is 0 Å². The van der Waals surface area contributed by atoms with Crippen LogP contribution in [0.1, 0.15) is 6.92 Å². The van der Waals surface area contributed by atoms with Gasteiger partial charge >= 0.3 is 0 Å². The summed E-state index contributed by atoms with van der Waals surface area (Å²) in [6.45, 7) is 2.79. The van der Waals surface area contributed by atoms with Crippen LogP contribution < -0.4 is 9.64 Å². The quantitative estimate of drug-likeness (QED) is 0.881. The Kier molecular flexibility index (Phi) is 4.31. The molecule has 1 aromatic carbocycles. The molecule has 6 heteroatoms. The highest BCUT2D eigenvalue weighted by atomic mass is 32.2. The summed E-state index contributed by atoms with van der Waals surface area (Å²) in [4.78, 5) is 2.04. The lowest BCUT2D eigenvalue weighted by atomic mass is 10.2. The van der Waals surface area contributed by atoms with Crippen LogP contribution in [-0.4, -0.2) is 50.8 Å². The van der Waals surface area contributed by atoms with E-state index >= 15 is 0 Å². The van der Waals surface area contributed by atoms with E-state index in [0.717, 1.165) is 5.69 Å². The summed E-state index contributed by atoms with van der Waals surface area (Å²) in [7, 11) is -2.86. The number of aliphatic hydroxyl groups excluding tert-OH is 1. The standard InChI is InChI=1S/C13H19NO4S/c1-11(10-15)18-13-4-2-3-12(9-13)14-5-7-19(16,17)8-6-14/h2-4,9,11,15H,5-8,10H2,1H3. The third-order valence-corrected chi connectivity index (χ3v) is 4.73. The van der Waals surface area contributed by atoms with Gasteiger partial charge in [-0.2, -0.15) is 0 Å². The Morgan fingerprint density at radius 3 is 2.68 bits per heavy atom. The summed E-state index contributed by atoms with van der Waals surface area (Å²) in [5, 5.41) is 8.97. The molecule has 1 aliphatic rings. The molecule has 19 heavy (non-hydrogen) atoms. The fourth-order valence-corrected chi connectivity index (χ4v) is 3.19. The molecule has 1 fully saturated rings. The molecule has 2 rings (SSSR count). The lowest BCUT2D eigenvalue weighted by Gasteiger charge is -2.29. The van der Waals surface area contributed by atoms with Gasteiger partial charge in [-0.15, -0.1) is 0 Å². The molecule has 1 N–H and O–H groups in total. The maximum absolute atomic E-state index is 11.4. The normalized spacial score (nSPS) is 20.0. The van der Waals surface area contributed by atoms with Gasteiger partial charge in [-0.1, -0.05) is 6.07 Å². The van der Waals surface area contributed by atoms with E-state index in [2.05, 4.69) is 0 Å². The zero-order chi connectivity index (χ0) is 13.9. The van der Waals surface area contributed by atoms with Gasteiger partial charge in [-0.05, 0) is 19.1 Å². The molecular weight excluding hydrogens is 266 g/mol. The van der Waals surface area contributed by atoms with Crippen molar-refractivity contribution in [1.29, 1.82) is 0 Å². The minimum absolute atomic E-state index is 0.0355. The molecule has 1 aromatic rings. The molecule has 1 atom stereocenters. The van der Waals surface area contributed by atoms with Crippen LogP contribution in [0.5, 0.6) is 5.75 Å². The summed E-state index contributed by atoms with van der Waals surface area (Å²) in [6.07, 6.45) is -0.253. The summed E-state index contributed by atoms with van der Waals surface area (Å²) < 4.78 is 28.3. The van der Waals surface area contributed by atoms with Gasteiger partial charge in [0.1, 0.15) is 11.9 Å². The maximum atomic E-state index is 11.4. The van der Waals surface area contributed by atoms with E-state index in [1.165, 1.54) is 0 Å². The van der Waals surface area contributed by atoms with E-state index in [1.54, 1.807) is 6.92 Å². The van der Waals surface area contributed by atoms with Gasteiger partial charge in [0.05, 0.1) is 18.1 Å².